The Balaban J connectivity index is 2.06. The van der Waals surface area contributed by atoms with Gasteiger partial charge in [0.05, 0.1) is 5.75 Å². The molecule has 0 aliphatic carbocycles. The van der Waals surface area contributed by atoms with Gasteiger partial charge in [-0.1, -0.05) is 11.8 Å². The summed E-state index contributed by atoms with van der Waals surface area (Å²) in [5.41, 5.74) is 4.21. The minimum atomic E-state index is -3.79. The van der Waals surface area contributed by atoms with E-state index in [0.29, 0.717) is 10.7 Å². The van der Waals surface area contributed by atoms with Crippen molar-refractivity contribution in [3.8, 4) is 0 Å². The molecule has 13 nitrogen and oxygen atoms in total. The molecule has 0 aromatic carbocycles. The highest BCUT2D eigenvalue weighted by Gasteiger charge is 2.64. The minimum Gasteiger partial charge on any atom is -0.455 e. The zero-order valence-corrected chi connectivity index (χ0v) is 20.3. The Morgan fingerprint density at radius 2 is 2.16 bits per heavy atom. The second-order valence-electron chi connectivity index (χ2n) is 8.18. The Morgan fingerprint density at radius 1 is 1.47 bits per heavy atom. The number of amides is 1. The summed E-state index contributed by atoms with van der Waals surface area (Å²) < 4.78 is 34.1. The van der Waals surface area contributed by atoms with E-state index in [9.17, 15) is 18.0 Å². The third-order valence-electron chi connectivity index (χ3n) is 4.66. The van der Waals surface area contributed by atoms with Crippen molar-refractivity contribution in [2.75, 3.05) is 18.6 Å². The number of carbonyl (C=O) groups excluding carboxylic acids is 2. The van der Waals surface area contributed by atoms with Crippen molar-refractivity contribution in [1.82, 2.24) is 25.5 Å². The number of fused-ring (bicyclic) bond motifs is 1. The minimum absolute atomic E-state index is 0.0196. The number of hydrogen-bond acceptors (Lipinski definition) is 12. The van der Waals surface area contributed by atoms with Crippen LogP contribution in [-0.4, -0.2) is 86.4 Å². The fraction of sp³-hybridized carbons (Fsp3) is 0.688. The van der Waals surface area contributed by atoms with E-state index in [1.165, 1.54) is 23.8 Å². The highest BCUT2D eigenvalue weighted by molar-refractivity contribution is 8.01. The van der Waals surface area contributed by atoms with Crippen LogP contribution >= 0.6 is 23.5 Å². The van der Waals surface area contributed by atoms with Gasteiger partial charge in [-0.2, -0.15) is 0 Å². The number of thioether (sulfide) groups is 2. The first kappa shape index (κ1) is 24.9. The second-order valence-corrected chi connectivity index (χ2v) is 12.2. The number of rotatable bonds is 8. The highest BCUT2D eigenvalue weighted by Crippen LogP contribution is 2.48. The summed E-state index contributed by atoms with van der Waals surface area (Å²) in [5, 5.41) is 17.7. The third kappa shape index (κ3) is 5.09. The van der Waals surface area contributed by atoms with Crippen molar-refractivity contribution in [3.63, 3.8) is 0 Å². The second kappa shape index (κ2) is 8.90. The van der Waals surface area contributed by atoms with Crippen LogP contribution in [0.2, 0.25) is 0 Å². The predicted octanol–water partition coefficient (Wildman–Crippen LogP) is -0.849. The number of nitrogens with two attached hydrogens (primary N) is 2. The standard InChI is InChI=1S/C16H25N7O6S3/c1-15(2,3)29-11(24)10-8(7-30-13-16(17,28-4)12(25)23(10)13)9(5-6-32(18,26)27)31-14-19-21-22-20-14/h9,13H,5-7,17H2,1-4H3,(H2,18,26,27)(H,19,20,21,22)/t9?,13-,16-/m0/s1. The fourth-order valence-corrected chi connectivity index (χ4v) is 6.54. The van der Waals surface area contributed by atoms with E-state index in [0.717, 1.165) is 11.8 Å². The summed E-state index contributed by atoms with van der Waals surface area (Å²) in [6, 6.07) is 0. The number of hydrogen-bond donors (Lipinski definition) is 3. The maximum atomic E-state index is 13.2. The molecule has 1 fully saturated rings. The molecule has 2 aliphatic rings. The van der Waals surface area contributed by atoms with Gasteiger partial charge in [0.25, 0.3) is 5.91 Å². The summed E-state index contributed by atoms with van der Waals surface area (Å²) in [5.74, 6) is -1.39. The van der Waals surface area contributed by atoms with Gasteiger partial charge in [0.15, 0.2) is 0 Å². The SMILES string of the molecule is CO[C@@]1(N)C(=O)N2C(C(=O)OC(C)(C)C)=C(C(CCS(N)(=O)=O)Sc3nnn[nH]3)CS[C@H]21. The first-order valence-corrected chi connectivity index (χ1v) is 13.1. The molecule has 0 spiro atoms. The Kier molecular flexibility index (Phi) is 6.93. The normalized spacial score (nSPS) is 24.8. The number of primary sulfonamides is 1. The Hall–Kier alpha value is -1.72. The maximum absolute atomic E-state index is 13.2. The molecule has 0 bridgehead atoms. The van der Waals surface area contributed by atoms with E-state index in [4.69, 9.17) is 20.3 Å². The molecule has 1 amide bonds. The fourth-order valence-electron chi connectivity index (χ4n) is 3.24. The summed E-state index contributed by atoms with van der Waals surface area (Å²) in [7, 11) is -2.46. The van der Waals surface area contributed by atoms with Gasteiger partial charge in [-0.3, -0.25) is 15.4 Å². The number of nitrogens with zero attached hydrogens (tertiary/aromatic N) is 4. The van der Waals surface area contributed by atoms with Gasteiger partial charge in [-0.05, 0) is 43.2 Å². The lowest BCUT2D eigenvalue weighted by atomic mass is 9.98. The van der Waals surface area contributed by atoms with Crippen LogP contribution in [-0.2, 0) is 29.1 Å². The van der Waals surface area contributed by atoms with Crippen molar-refractivity contribution in [2.24, 2.45) is 10.9 Å². The highest BCUT2D eigenvalue weighted by atomic mass is 32.2. The average molecular weight is 508 g/mol. The van der Waals surface area contributed by atoms with Gasteiger partial charge in [0.2, 0.25) is 20.9 Å². The van der Waals surface area contributed by atoms with Crippen molar-refractivity contribution in [2.45, 2.75) is 54.3 Å². The molecule has 3 heterocycles. The molecule has 178 valence electrons. The summed E-state index contributed by atoms with van der Waals surface area (Å²) >= 11 is 2.43. The van der Waals surface area contributed by atoms with E-state index in [2.05, 4.69) is 20.6 Å². The molecule has 16 heteroatoms. The number of nitrogens with one attached hydrogen (secondary N) is 1. The topological polar surface area (TPSA) is 196 Å². The van der Waals surface area contributed by atoms with Crippen LogP contribution in [0, 0.1) is 0 Å². The van der Waals surface area contributed by atoms with Crippen molar-refractivity contribution >= 4 is 45.4 Å². The average Bonchev–Trinajstić information content (AvgIpc) is 3.20. The first-order chi connectivity index (χ1) is 14.8. The number of methoxy groups -OCH3 is 1. The number of H-pyrrole nitrogens is 1. The lowest BCUT2D eigenvalue weighted by Gasteiger charge is -2.54. The Morgan fingerprint density at radius 3 is 2.69 bits per heavy atom. The molecular weight excluding hydrogens is 482 g/mol. The number of ether oxygens (including phenoxy) is 2. The van der Waals surface area contributed by atoms with Crippen LogP contribution in [0.25, 0.3) is 0 Å². The largest absolute Gasteiger partial charge is 0.455 e. The lowest BCUT2D eigenvalue weighted by molar-refractivity contribution is -0.184. The van der Waals surface area contributed by atoms with Crippen LogP contribution in [0.4, 0.5) is 0 Å². The van der Waals surface area contributed by atoms with E-state index in [1.54, 1.807) is 20.8 Å². The number of aromatic amines is 1. The first-order valence-electron chi connectivity index (χ1n) is 9.43. The van der Waals surface area contributed by atoms with Crippen molar-refractivity contribution in [3.05, 3.63) is 11.3 Å². The molecule has 3 atom stereocenters. The number of aromatic nitrogens is 4. The predicted molar refractivity (Wildman–Crippen MR) is 116 cm³/mol. The number of β-lactam (4-membered cyclic amide) rings is 1. The molecule has 0 radical (unpaired) electrons. The van der Waals surface area contributed by atoms with E-state index in [1.807, 2.05) is 0 Å². The van der Waals surface area contributed by atoms with Crippen LogP contribution in [0.3, 0.4) is 0 Å². The van der Waals surface area contributed by atoms with Gasteiger partial charge in [0.1, 0.15) is 16.7 Å². The molecule has 2 aliphatic heterocycles. The van der Waals surface area contributed by atoms with Gasteiger partial charge in [0, 0.05) is 18.1 Å². The smallest absolute Gasteiger partial charge is 0.355 e. The molecule has 3 rings (SSSR count). The molecule has 1 unspecified atom stereocenters. The van der Waals surface area contributed by atoms with Gasteiger partial charge >= 0.3 is 5.97 Å². The molecule has 32 heavy (non-hydrogen) atoms. The Labute approximate surface area is 193 Å². The molecule has 5 N–H and O–H groups in total. The van der Waals surface area contributed by atoms with E-state index in [-0.39, 0.29) is 23.6 Å². The van der Waals surface area contributed by atoms with E-state index >= 15 is 0 Å². The monoisotopic (exact) mass is 507 g/mol. The van der Waals surface area contributed by atoms with Crippen LogP contribution in [0.5, 0.6) is 0 Å². The summed E-state index contributed by atoms with van der Waals surface area (Å²) in [4.78, 5) is 27.3. The number of tetrazole rings is 1. The third-order valence-corrected chi connectivity index (χ3v) is 8.02. The molecule has 1 saturated heterocycles. The maximum Gasteiger partial charge on any atom is 0.355 e. The van der Waals surface area contributed by atoms with Gasteiger partial charge < -0.3 is 9.47 Å². The van der Waals surface area contributed by atoms with E-state index < -0.39 is 43.8 Å². The van der Waals surface area contributed by atoms with Crippen molar-refractivity contribution in [1.29, 1.82) is 0 Å². The zero-order chi connectivity index (χ0) is 23.9. The molecule has 0 saturated carbocycles. The molecular formula is C16H25N7O6S3. The summed E-state index contributed by atoms with van der Waals surface area (Å²) in [6.07, 6.45) is 0.0527. The zero-order valence-electron chi connectivity index (χ0n) is 17.9. The number of carbonyl (C=O) groups is 2. The van der Waals surface area contributed by atoms with Gasteiger partial charge in [-0.15, -0.1) is 16.9 Å². The lowest BCUT2D eigenvalue weighted by Crippen LogP contribution is -2.79. The van der Waals surface area contributed by atoms with Crippen LogP contribution in [0.1, 0.15) is 27.2 Å². The quantitative estimate of drug-likeness (QED) is 0.171. The molecule has 1 aromatic rings. The summed E-state index contributed by atoms with van der Waals surface area (Å²) in [6.45, 7) is 5.11. The number of esters is 1. The van der Waals surface area contributed by atoms with Crippen LogP contribution < -0.4 is 10.9 Å². The van der Waals surface area contributed by atoms with Gasteiger partial charge in [-0.25, -0.2) is 23.4 Å². The van der Waals surface area contributed by atoms with Crippen LogP contribution in [0.15, 0.2) is 16.4 Å². The number of sulfonamides is 1. The van der Waals surface area contributed by atoms with Crippen molar-refractivity contribution < 1.29 is 27.5 Å². The molecule has 1 aromatic heterocycles. The Bertz CT molecular complexity index is 1020.